The van der Waals surface area contributed by atoms with Crippen LogP contribution in [0.2, 0.25) is 5.02 Å². The van der Waals surface area contributed by atoms with Crippen LogP contribution in [0.3, 0.4) is 0 Å². The lowest BCUT2D eigenvalue weighted by atomic mass is 10.1. The lowest BCUT2D eigenvalue weighted by Crippen LogP contribution is -2.52. The largest absolute Gasteiger partial charge is 0.504 e. The van der Waals surface area contributed by atoms with Gasteiger partial charge in [-0.2, -0.15) is 0 Å². The quantitative estimate of drug-likeness (QED) is 0.752. The molecule has 1 aromatic heterocycles. The van der Waals surface area contributed by atoms with E-state index in [4.69, 9.17) is 20.8 Å². The third-order valence-electron chi connectivity index (χ3n) is 5.05. The molecule has 0 radical (unpaired) electrons. The zero-order valence-electron chi connectivity index (χ0n) is 15.8. The Morgan fingerprint density at radius 2 is 2.07 bits per heavy atom. The first-order valence-electron chi connectivity index (χ1n) is 9.18. The number of rotatable bonds is 7. The smallest absolute Gasteiger partial charge is 0.160 e. The summed E-state index contributed by atoms with van der Waals surface area (Å²) in [5.41, 5.74) is 0.921. The van der Waals surface area contributed by atoms with Crippen LogP contribution < -0.4 is 4.74 Å². The van der Waals surface area contributed by atoms with Crippen molar-refractivity contribution in [2.45, 2.75) is 32.5 Å². The molecule has 0 bridgehead atoms. The Hall–Kier alpha value is -1.73. The summed E-state index contributed by atoms with van der Waals surface area (Å²) in [6.45, 7) is 6.13. The van der Waals surface area contributed by atoms with Gasteiger partial charge in [0, 0.05) is 49.9 Å². The van der Waals surface area contributed by atoms with Crippen molar-refractivity contribution in [3.05, 3.63) is 46.4 Å². The van der Waals surface area contributed by atoms with Crippen LogP contribution in [0.5, 0.6) is 11.5 Å². The minimum Gasteiger partial charge on any atom is -0.504 e. The van der Waals surface area contributed by atoms with E-state index in [9.17, 15) is 10.2 Å². The number of halogens is 1. The van der Waals surface area contributed by atoms with Crippen molar-refractivity contribution in [1.82, 2.24) is 9.80 Å². The molecule has 148 valence electrons. The van der Waals surface area contributed by atoms with Crippen LogP contribution in [0.15, 0.2) is 28.7 Å². The summed E-state index contributed by atoms with van der Waals surface area (Å²) in [7, 11) is 1.53. The van der Waals surface area contributed by atoms with Gasteiger partial charge in [-0.25, -0.2) is 0 Å². The fourth-order valence-corrected chi connectivity index (χ4v) is 3.83. The summed E-state index contributed by atoms with van der Waals surface area (Å²) in [4.78, 5) is 4.69. The molecule has 27 heavy (non-hydrogen) atoms. The summed E-state index contributed by atoms with van der Waals surface area (Å²) in [5, 5.41) is 19.9. The van der Waals surface area contributed by atoms with Crippen molar-refractivity contribution in [1.29, 1.82) is 0 Å². The second-order valence-electron chi connectivity index (χ2n) is 7.00. The summed E-state index contributed by atoms with van der Waals surface area (Å²) < 4.78 is 10.9. The second-order valence-corrected chi connectivity index (χ2v) is 7.41. The highest BCUT2D eigenvalue weighted by Gasteiger charge is 2.28. The summed E-state index contributed by atoms with van der Waals surface area (Å²) in [6.07, 6.45) is 0.711. The molecule has 2 N–H and O–H groups in total. The maximum atomic E-state index is 9.84. The van der Waals surface area contributed by atoms with E-state index in [1.807, 2.05) is 19.1 Å². The molecule has 1 aliphatic rings. The molecule has 1 aromatic carbocycles. The Balaban J connectivity index is 1.67. The number of aliphatic hydroxyl groups excluding tert-OH is 1. The number of aryl methyl sites for hydroxylation is 1. The van der Waals surface area contributed by atoms with Gasteiger partial charge in [0.05, 0.1) is 13.7 Å². The molecule has 0 spiro atoms. The molecule has 6 nitrogen and oxygen atoms in total. The number of aliphatic hydroxyl groups is 1. The number of piperazine rings is 1. The Kier molecular flexibility index (Phi) is 6.65. The topological polar surface area (TPSA) is 69.3 Å². The first-order chi connectivity index (χ1) is 13.0. The van der Waals surface area contributed by atoms with Gasteiger partial charge < -0.3 is 19.4 Å². The summed E-state index contributed by atoms with van der Waals surface area (Å²) >= 11 is 6.31. The number of hydrogen-bond donors (Lipinski definition) is 2. The van der Waals surface area contributed by atoms with Gasteiger partial charge in [-0.15, -0.1) is 0 Å². The van der Waals surface area contributed by atoms with Crippen molar-refractivity contribution < 1.29 is 19.4 Å². The molecule has 0 unspecified atom stereocenters. The van der Waals surface area contributed by atoms with E-state index in [1.165, 1.54) is 13.2 Å². The Morgan fingerprint density at radius 3 is 2.74 bits per heavy atom. The minimum absolute atomic E-state index is 0.0444. The molecule has 0 amide bonds. The number of methoxy groups -OCH3 is 1. The second kappa shape index (κ2) is 8.97. The molecule has 0 aliphatic carbocycles. The van der Waals surface area contributed by atoms with E-state index in [2.05, 4.69) is 9.80 Å². The fourth-order valence-electron chi connectivity index (χ4n) is 3.61. The number of benzene rings is 1. The van der Waals surface area contributed by atoms with E-state index >= 15 is 0 Å². The number of phenolic OH excluding ortho intramolecular Hbond substituents is 1. The number of nitrogens with zero attached hydrogens (tertiary/aromatic N) is 2. The number of aromatic hydroxyl groups is 1. The standard InChI is InChI=1S/C20H27ClN2O4/c1-14-3-4-17(27-14)13-23-7-6-22(12-16(23)5-8-24)11-15-9-20(26-2)19(25)10-18(15)21/h3-4,9-10,16,24-25H,5-8,11-13H2,1-2H3/t16-/m1/s1. The number of furan rings is 1. The van der Waals surface area contributed by atoms with Gasteiger partial charge in [0.2, 0.25) is 0 Å². The van der Waals surface area contributed by atoms with Crippen LogP contribution in [-0.4, -0.2) is 59.4 Å². The average molecular weight is 395 g/mol. The third-order valence-corrected chi connectivity index (χ3v) is 5.40. The monoisotopic (exact) mass is 394 g/mol. The molecule has 2 heterocycles. The maximum absolute atomic E-state index is 9.84. The van der Waals surface area contributed by atoms with Gasteiger partial charge in [0.1, 0.15) is 11.5 Å². The zero-order chi connectivity index (χ0) is 19.4. The van der Waals surface area contributed by atoms with E-state index in [1.54, 1.807) is 6.07 Å². The molecule has 7 heteroatoms. The predicted octanol–water partition coefficient (Wildman–Crippen LogP) is 3.02. The minimum atomic E-state index is 0.0444. The van der Waals surface area contributed by atoms with Crippen molar-refractivity contribution in [3.63, 3.8) is 0 Å². The van der Waals surface area contributed by atoms with Crippen LogP contribution >= 0.6 is 11.6 Å². The van der Waals surface area contributed by atoms with Crippen molar-refractivity contribution in [3.8, 4) is 11.5 Å². The molecule has 2 aromatic rings. The third kappa shape index (κ3) is 4.96. The highest BCUT2D eigenvalue weighted by atomic mass is 35.5. The molecule has 1 atom stereocenters. The number of ether oxygens (including phenoxy) is 1. The van der Waals surface area contributed by atoms with Crippen LogP contribution in [0.4, 0.5) is 0 Å². The Labute approximate surface area is 164 Å². The van der Waals surface area contributed by atoms with Gasteiger partial charge in [-0.3, -0.25) is 9.80 Å². The lowest BCUT2D eigenvalue weighted by Gasteiger charge is -2.41. The lowest BCUT2D eigenvalue weighted by molar-refractivity contribution is 0.0454. The average Bonchev–Trinajstić information content (AvgIpc) is 3.04. The van der Waals surface area contributed by atoms with Crippen LogP contribution in [0.1, 0.15) is 23.5 Å². The molecule has 1 saturated heterocycles. The van der Waals surface area contributed by atoms with Gasteiger partial charge in [0.15, 0.2) is 11.5 Å². The fraction of sp³-hybridized carbons (Fsp3) is 0.500. The van der Waals surface area contributed by atoms with Gasteiger partial charge >= 0.3 is 0 Å². The van der Waals surface area contributed by atoms with Crippen molar-refractivity contribution >= 4 is 11.6 Å². The van der Waals surface area contributed by atoms with Crippen LogP contribution in [0, 0.1) is 6.92 Å². The molecule has 0 saturated carbocycles. The molecule has 3 rings (SSSR count). The molecular weight excluding hydrogens is 368 g/mol. The highest BCUT2D eigenvalue weighted by Crippen LogP contribution is 2.33. The summed E-state index contributed by atoms with van der Waals surface area (Å²) in [5.74, 6) is 2.34. The molecule has 1 aliphatic heterocycles. The Morgan fingerprint density at radius 1 is 1.26 bits per heavy atom. The van der Waals surface area contributed by atoms with Gasteiger partial charge in [-0.1, -0.05) is 11.6 Å². The van der Waals surface area contributed by atoms with E-state index in [-0.39, 0.29) is 18.4 Å². The van der Waals surface area contributed by atoms with Gasteiger partial charge in [-0.05, 0) is 37.1 Å². The first kappa shape index (κ1) is 20.0. The highest BCUT2D eigenvalue weighted by molar-refractivity contribution is 6.31. The Bertz CT molecular complexity index is 764. The number of phenols is 1. The normalized spacial score (nSPS) is 18.7. The van der Waals surface area contributed by atoms with E-state index < -0.39 is 0 Å². The molecular formula is C20H27ClN2O4. The van der Waals surface area contributed by atoms with Crippen molar-refractivity contribution in [2.24, 2.45) is 0 Å². The van der Waals surface area contributed by atoms with Crippen LogP contribution in [0.25, 0.3) is 0 Å². The first-order valence-corrected chi connectivity index (χ1v) is 9.56. The zero-order valence-corrected chi connectivity index (χ0v) is 16.6. The van der Waals surface area contributed by atoms with Crippen LogP contribution in [-0.2, 0) is 13.1 Å². The number of hydrogen-bond acceptors (Lipinski definition) is 6. The van der Waals surface area contributed by atoms with Gasteiger partial charge in [0.25, 0.3) is 0 Å². The SMILES string of the molecule is COc1cc(CN2CCN(Cc3ccc(C)o3)[C@H](CCO)C2)c(Cl)cc1O. The predicted molar refractivity (Wildman–Crippen MR) is 104 cm³/mol. The van der Waals surface area contributed by atoms with Crippen molar-refractivity contribution in [2.75, 3.05) is 33.4 Å². The maximum Gasteiger partial charge on any atom is 0.160 e. The van der Waals surface area contributed by atoms with E-state index in [0.29, 0.717) is 23.7 Å². The van der Waals surface area contributed by atoms with E-state index in [0.717, 1.165) is 43.3 Å². The molecule has 1 fully saturated rings. The summed E-state index contributed by atoms with van der Waals surface area (Å²) in [6, 6.07) is 7.55.